The summed E-state index contributed by atoms with van der Waals surface area (Å²) in [5, 5.41) is 21.7. The molecule has 0 aliphatic rings. The first kappa shape index (κ1) is 19.9. The van der Waals surface area contributed by atoms with Gasteiger partial charge in [-0.1, -0.05) is 0 Å². The monoisotopic (exact) mass is 354 g/mol. The number of alkyl carbamates (subject to hydrolysis) is 1. The minimum Gasteiger partial charge on any atom is -0.480 e. The van der Waals surface area contributed by atoms with Crippen LogP contribution in [-0.4, -0.2) is 39.7 Å². The fourth-order valence-corrected chi connectivity index (χ4v) is 1.63. The van der Waals surface area contributed by atoms with Gasteiger partial charge in [-0.05, 0) is 32.9 Å². The predicted octanol–water partition coefficient (Wildman–Crippen LogP) is 1.87. The van der Waals surface area contributed by atoms with Crippen molar-refractivity contribution in [1.82, 2.24) is 5.32 Å². The highest BCUT2D eigenvalue weighted by Crippen LogP contribution is 2.18. The smallest absolute Gasteiger partial charge is 0.408 e. The average Bonchev–Trinajstić information content (AvgIpc) is 2.44. The van der Waals surface area contributed by atoms with Crippen molar-refractivity contribution in [2.45, 2.75) is 38.8 Å². The Labute approximate surface area is 142 Å². The summed E-state index contributed by atoms with van der Waals surface area (Å²) in [6.07, 6.45) is -1.63. The van der Waals surface area contributed by atoms with Gasteiger partial charge in [0.05, 0.1) is 11.3 Å². The van der Waals surface area contributed by atoms with Gasteiger partial charge in [-0.2, -0.15) is 0 Å². The third-order valence-corrected chi connectivity index (χ3v) is 2.64. The number of nitrogens with one attached hydrogen (secondary N) is 1. The van der Waals surface area contributed by atoms with Gasteiger partial charge in [0, 0.05) is 12.1 Å². The maximum Gasteiger partial charge on any atom is 0.408 e. The quantitative estimate of drug-likeness (QED) is 0.341. The maximum atomic E-state index is 11.8. The van der Waals surface area contributed by atoms with Crippen molar-refractivity contribution in [2.24, 2.45) is 0 Å². The highest BCUT2D eigenvalue weighted by molar-refractivity contribution is 5.85. The maximum absolute atomic E-state index is 11.8. The molecule has 1 aromatic carbocycles. The summed E-state index contributed by atoms with van der Waals surface area (Å²) in [4.78, 5) is 44.5. The van der Waals surface area contributed by atoms with Crippen molar-refractivity contribution in [3.63, 3.8) is 0 Å². The number of aliphatic carboxylic acids is 1. The Bertz CT molecular complexity index is 663. The molecule has 25 heavy (non-hydrogen) atoms. The van der Waals surface area contributed by atoms with Crippen LogP contribution in [0.2, 0.25) is 0 Å². The lowest BCUT2D eigenvalue weighted by molar-refractivity contribution is -0.384. The molecule has 0 fully saturated rings. The molecule has 0 heterocycles. The first-order valence-electron chi connectivity index (χ1n) is 7.15. The van der Waals surface area contributed by atoms with Gasteiger partial charge < -0.3 is 19.9 Å². The second kappa shape index (κ2) is 8.08. The SMILES string of the molecule is CC(C)(C)OC(=O)NC(CC(=O)Oc1ccc([N+](=O)[O-])cc1)C(=O)O. The van der Waals surface area contributed by atoms with E-state index in [1.807, 2.05) is 0 Å². The molecule has 1 unspecified atom stereocenters. The molecule has 0 aliphatic carbocycles. The molecule has 1 rings (SSSR count). The number of hydrogen-bond acceptors (Lipinski definition) is 7. The first-order valence-corrected chi connectivity index (χ1v) is 7.15. The Kier molecular flexibility index (Phi) is 6.43. The van der Waals surface area contributed by atoms with Crippen LogP contribution in [0.4, 0.5) is 10.5 Å². The van der Waals surface area contributed by atoms with E-state index in [1.54, 1.807) is 20.8 Å². The number of non-ortho nitro benzene ring substituents is 1. The summed E-state index contributed by atoms with van der Waals surface area (Å²) in [5.74, 6) is -2.36. The average molecular weight is 354 g/mol. The molecule has 1 aromatic rings. The molecule has 10 heteroatoms. The van der Waals surface area contributed by atoms with E-state index >= 15 is 0 Å². The lowest BCUT2D eigenvalue weighted by atomic mass is 10.2. The van der Waals surface area contributed by atoms with E-state index in [-0.39, 0.29) is 11.4 Å². The molecule has 0 bridgehead atoms. The number of carboxylic acid groups (broad SMARTS) is 1. The van der Waals surface area contributed by atoms with Gasteiger partial charge >= 0.3 is 18.0 Å². The number of nitro groups is 1. The second-order valence-electron chi connectivity index (χ2n) is 5.97. The summed E-state index contributed by atoms with van der Waals surface area (Å²) >= 11 is 0. The molecule has 0 aromatic heterocycles. The number of carbonyl (C=O) groups is 3. The molecule has 0 saturated carbocycles. The van der Waals surface area contributed by atoms with Crippen LogP contribution in [0.3, 0.4) is 0 Å². The zero-order valence-electron chi connectivity index (χ0n) is 13.8. The van der Waals surface area contributed by atoms with Crippen LogP contribution in [0.1, 0.15) is 27.2 Å². The summed E-state index contributed by atoms with van der Waals surface area (Å²) in [5.41, 5.74) is -1.01. The molecule has 2 N–H and O–H groups in total. The number of rotatable bonds is 6. The number of esters is 1. The largest absolute Gasteiger partial charge is 0.480 e. The van der Waals surface area contributed by atoms with Crippen molar-refractivity contribution < 1.29 is 33.9 Å². The van der Waals surface area contributed by atoms with Gasteiger partial charge in [-0.15, -0.1) is 0 Å². The number of ether oxygens (including phenoxy) is 2. The Hall–Kier alpha value is -3.17. The molecule has 10 nitrogen and oxygen atoms in total. The predicted molar refractivity (Wildman–Crippen MR) is 84.1 cm³/mol. The molecule has 136 valence electrons. The molecule has 0 spiro atoms. The first-order chi connectivity index (χ1) is 11.5. The minimum absolute atomic E-state index is 0.0111. The number of amides is 1. The minimum atomic E-state index is -1.54. The molecular weight excluding hydrogens is 336 g/mol. The summed E-state index contributed by atoms with van der Waals surface area (Å²) < 4.78 is 9.82. The topological polar surface area (TPSA) is 145 Å². The molecule has 0 saturated heterocycles. The van der Waals surface area contributed by atoms with Crippen LogP contribution >= 0.6 is 0 Å². The fourth-order valence-electron chi connectivity index (χ4n) is 1.63. The van der Waals surface area contributed by atoms with Gasteiger partial charge in [0.2, 0.25) is 0 Å². The van der Waals surface area contributed by atoms with E-state index in [0.717, 1.165) is 12.1 Å². The zero-order chi connectivity index (χ0) is 19.2. The van der Waals surface area contributed by atoms with Crippen molar-refractivity contribution >= 4 is 23.7 Å². The summed E-state index contributed by atoms with van der Waals surface area (Å²) in [6.45, 7) is 4.81. The van der Waals surface area contributed by atoms with Gasteiger partial charge in [0.15, 0.2) is 0 Å². The number of nitrogens with zero attached hydrogens (tertiary/aromatic N) is 1. The van der Waals surface area contributed by atoms with Crippen LogP contribution in [0.25, 0.3) is 0 Å². The lowest BCUT2D eigenvalue weighted by Gasteiger charge is -2.21. The summed E-state index contributed by atoms with van der Waals surface area (Å²) in [6, 6.07) is 3.13. The van der Waals surface area contributed by atoms with E-state index in [4.69, 9.17) is 14.6 Å². The second-order valence-corrected chi connectivity index (χ2v) is 5.97. The normalized spacial score (nSPS) is 12.0. The molecule has 1 amide bonds. The van der Waals surface area contributed by atoms with Crippen molar-refractivity contribution in [2.75, 3.05) is 0 Å². The Morgan fingerprint density at radius 1 is 1.24 bits per heavy atom. The van der Waals surface area contributed by atoms with Crippen LogP contribution in [-0.2, 0) is 14.3 Å². The fraction of sp³-hybridized carbons (Fsp3) is 0.400. The van der Waals surface area contributed by atoms with E-state index in [9.17, 15) is 24.5 Å². The van der Waals surface area contributed by atoms with Crippen molar-refractivity contribution in [3.05, 3.63) is 34.4 Å². The van der Waals surface area contributed by atoms with E-state index < -0.39 is 41.0 Å². The van der Waals surface area contributed by atoms with Crippen LogP contribution in [0.5, 0.6) is 5.75 Å². The van der Waals surface area contributed by atoms with Gasteiger partial charge in [0.25, 0.3) is 5.69 Å². The molecule has 1 atom stereocenters. The van der Waals surface area contributed by atoms with Crippen LogP contribution in [0.15, 0.2) is 24.3 Å². The van der Waals surface area contributed by atoms with Crippen molar-refractivity contribution in [3.8, 4) is 5.75 Å². The van der Waals surface area contributed by atoms with Crippen LogP contribution in [0, 0.1) is 10.1 Å². The standard InChI is InChI=1S/C15H18N2O8/c1-15(2,3)25-14(21)16-11(13(19)20)8-12(18)24-10-6-4-9(5-7-10)17(22)23/h4-7,11H,8H2,1-3H3,(H,16,21)(H,19,20). The molecular formula is C15H18N2O8. The highest BCUT2D eigenvalue weighted by atomic mass is 16.6. The van der Waals surface area contributed by atoms with Gasteiger partial charge in [-0.25, -0.2) is 9.59 Å². The third kappa shape index (κ3) is 7.29. The highest BCUT2D eigenvalue weighted by Gasteiger charge is 2.27. The number of hydrogen-bond donors (Lipinski definition) is 2. The van der Waals surface area contributed by atoms with Crippen molar-refractivity contribution in [1.29, 1.82) is 0 Å². The Morgan fingerprint density at radius 3 is 2.24 bits per heavy atom. The number of benzene rings is 1. The van der Waals surface area contributed by atoms with E-state index in [2.05, 4.69) is 5.32 Å². The third-order valence-electron chi connectivity index (χ3n) is 2.64. The summed E-state index contributed by atoms with van der Waals surface area (Å²) in [7, 11) is 0. The van der Waals surface area contributed by atoms with Gasteiger partial charge in [-0.3, -0.25) is 14.9 Å². The Morgan fingerprint density at radius 2 is 1.80 bits per heavy atom. The number of carbonyl (C=O) groups excluding carboxylic acids is 2. The lowest BCUT2D eigenvalue weighted by Crippen LogP contribution is -2.45. The number of nitro benzene ring substituents is 1. The number of carboxylic acids is 1. The van der Waals surface area contributed by atoms with Crippen LogP contribution < -0.4 is 10.1 Å². The van der Waals surface area contributed by atoms with Gasteiger partial charge in [0.1, 0.15) is 17.4 Å². The molecule has 0 aliphatic heterocycles. The molecule has 0 radical (unpaired) electrons. The zero-order valence-corrected chi connectivity index (χ0v) is 13.8. The Balaban J connectivity index is 2.65. The van der Waals surface area contributed by atoms with E-state index in [0.29, 0.717) is 0 Å². The van der Waals surface area contributed by atoms with E-state index in [1.165, 1.54) is 12.1 Å².